The van der Waals surface area contributed by atoms with Crippen LogP contribution in [-0.4, -0.2) is 17.3 Å². The maximum atomic E-state index is 5.95. The Kier molecular flexibility index (Phi) is 2.92. The van der Waals surface area contributed by atoms with Crippen molar-refractivity contribution < 1.29 is 9.26 Å². The van der Waals surface area contributed by atoms with Crippen molar-refractivity contribution in [1.29, 1.82) is 0 Å². The molecule has 0 unspecified atom stereocenters. The molecule has 0 saturated heterocycles. The third-order valence-corrected chi connectivity index (χ3v) is 3.38. The van der Waals surface area contributed by atoms with Gasteiger partial charge in [-0.2, -0.15) is 16.3 Å². The maximum Gasteiger partial charge on any atom is 0.260 e. The third-order valence-electron chi connectivity index (χ3n) is 2.69. The number of methoxy groups -OCH3 is 1. The van der Waals surface area contributed by atoms with Crippen LogP contribution in [0.4, 0.5) is 5.69 Å². The van der Waals surface area contributed by atoms with E-state index in [2.05, 4.69) is 10.1 Å². The molecule has 2 heterocycles. The average Bonchev–Trinajstić information content (AvgIpc) is 3.09. The molecular formula is C13H11N3O2S. The minimum Gasteiger partial charge on any atom is -0.497 e. The Hall–Kier alpha value is -2.34. The van der Waals surface area contributed by atoms with Gasteiger partial charge in [0.2, 0.25) is 5.82 Å². The molecule has 3 rings (SSSR count). The average molecular weight is 273 g/mol. The number of aromatic nitrogens is 2. The number of rotatable bonds is 3. The Bertz CT molecular complexity index is 692. The number of anilines is 1. The van der Waals surface area contributed by atoms with Gasteiger partial charge in [-0.25, -0.2) is 0 Å². The van der Waals surface area contributed by atoms with Gasteiger partial charge in [-0.3, -0.25) is 0 Å². The first-order valence-corrected chi connectivity index (χ1v) is 6.52. The standard InChI is InChI=1S/C13H11N3O2S/c1-17-9-2-3-10(11(14)6-9)13-15-12(16-18-13)8-4-5-19-7-8/h2-7H,14H2,1H3. The minimum absolute atomic E-state index is 0.404. The van der Waals surface area contributed by atoms with Crippen LogP contribution in [0, 0.1) is 0 Å². The molecule has 96 valence electrons. The highest BCUT2D eigenvalue weighted by Crippen LogP contribution is 2.29. The molecule has 0 aliphatic rings. The molecule has 0 fully saturated rings. The molecule has 2 N–H and O–H groups in total. The monoisotopic (exact) mass is 273 g/mol. The van der Waals surface area contributed by atoms with Gasteiger partial charge in [0.1, 0.15) is 5.75 Å². The van der Waals surface area contributed by atoms with Gasteiger partial charge < -0.3 is 15.0 Å². The zero-order valence-electron chi connectivity index (χ0n) is 10.2. The lowest BCUT2D eigenvalue weighted by molar-refractivity contribution is 0.414. The van der Waals surface area contributed by atoms with Crippen molar-refractivity contribution in [2.24, 2.45) is 0 Å². The first kappa shape index (κ1) is 11.7. The van der Waals surface area contributed by atoms with Crippen LogP contribution < -0.4 is 10.5 Å². The smallest absolute Gasteiger partial charge is 0.260 e. The van der Waals surface area contributed by atoms with Crippen LogP contribution in [0.15, 0.2) is 39.5 Å². The normalized spacial score (nSPS) is 10.6. The van der Waals surface area contributed by atoms with E-state index >= 15 is 0 Å². The van der Waals surface area contributed by atoms with Crippen molar-refractivity contribution in [2.45, 2.75) is 0 Å². The van der Waals surface area contributed by atoms with Crippen LogP contribution >= 0.6 is 11.3 Å². The zero-order chi connectivity index (χ0) is 13.2. The van der Waals surface area contributed by atoms with Gasteiger partial charge in [-0.1, -0.05) is 5.16 Å². The first-order chi connectivity index (χ1) is 9.28. The van der Waals surface area contributed by atoms with E-state index in [1.807, 2.05) is 16.8 Å². The molecular weight excluding hydrogens is 262 g/mol. The van der Waals surface area contributed by atoms with Crippen LogP contribution in [0.25, 0.3) is 22.8 Å². The summed E-state index contributed by atoms with van der Waals surface area (Å²) in [6.07, 6.45) is 0. The Morgan fingerprint density at radius 2 is 2.21 bits per heavy atom. The number of hydrogen-bond donors (Lipinski definition) is 1. The molecule has 1 aromatic carbocycles. The van der Waals surface area contributed by atoms with Gasteiger partial charge in [0.05, 0.1) is 12.7 Å². The predicted octanol–water partition coefficient (Wildman–Crippen LogP) is 3.06. The SMILES string of the molecule is COc1ccc(-c2nc(-c3ccsc3)no2)c(N)c1. The highest BCUT2D eigenvalue weighted by molar-refractivity contribution is 7.08. The summed E-state index contributed by atoms with van der Waals surface area (Å²) in [6, 6.07) is 7.28. The highest BCUT2D eigenvalue weighted by Gasteiger charge is 2.13. The fourth-order valence-corrected chi connectivity index (χ4v) is 2.34. The molecule has 0 saturated carbocycles. The van der Waals surface area contributed by atoms with Crippen LogP contribution in [0.3, 0.4) is 0 Å². The number of nitrogen functional groups attached to an aromatic ring is 1. The first-order valence-electron chi connectivity index (χ1n) is 5.58. The minimum atomic E-state index is 0.404. The van der Waals surface area contributed by atoms with E-state index in [1.165, 1.54) is 0 Å². The summed E-state index contributed by atoms with van der Waals surface area (Å²) in [4.78, 5) is 4.35. The lowest BCUT2D eigenvalue weighted by Crippen LogP contribution is -1.92. The quantitative estimate of drug-likeness (QED) is 0.742. The molecule has 3 aromatic rings. The van der Waals surface area contributed by atoms with Crippen molar-refractivity contribution in [3.63, 3.8) is 0 Å². The zero-order valence-corrected chi connectivity index (χ0v) is 11.0. The van der Waals surface area contributed by atoms with Crippen molar-refractivity contribution >= 4 is 17.0 Å². The largest absolute Gasteiger partial charge is 0.497 e. The fraction of sp³-hybridized carbons (Fsp3) is 0.0769. The second-order valence-electron chi connectivity index (χ2n) is 3.89. The lowest BCUT2D eigenvalue weighted by atomic mass is 10.1. The Morgan fingerprint density at radius 1 is 1.32 bits per heavy atom. The third kappa shape index (κ3) is 2.17. The highest BCUT2D eigenvalue weighted by atomic mass is 32.1. The van der Waals surface area contributed by atoms with Gasteiger partial charge >= 0.3 is 0 Å². The molecule has 0 radical (unpaired) electrons. The molecule has 0 bridgehead atoms. The van der Waals surface area contributed by atoms with Gasteiger partial charge in [-0.05, 0) is 23.6 Å². The van der Waals surface area contributed by atoms with E-state index in [0.717, 1.165) is 5.56 Å². The number of ether oxygens (including phenoxy) is 1. The number of thiophene rings is 1. The molecule has 0 amide bonds. The molecule has 0 aliphatic heterocycles. The van der Waals surface area contributed by atoms with E-state index in [0.29, 0.717) is 28.7 Å². The van der Waals surface area contributed by atoms with E-state index in [-0.39, 0.29) is 0 Å². The van der Waals surface area contributed by atoms with E-state index in [4.69, 9.17) is 15.0 Å². The van der Waals surface area contributed by atoms with Crippen LogP contribution in [-0.2, 0) is 0 Å². The van der Waals surface area contributed by atoms with E-state index < -0.39 is 0 Å². The van der Waals surface area contributed by atoms with Crippen molar-refractivity contribution in [2.75, 3.05) is 12.8 Å². The predicted molar refractivity (Wildman–Crippen MR) is 74.0 cm³/mol. The molecule has 19 heavy (non-hydrogen) atoms. The fourth-order valence-electron chi connectivity index (χ4n) is 1.70. The number of nitrogens with two attached hydrogens (primary N) is 1. The van der Waals surface area contributed by atoms with E-state index in [1.54, 1.807) is 36.6 Å². The van der Waals surface area contributed by atoms with E-state index in [9.17, 15) is 0 Å². The van der Waals surface area contributed by atoms with Gasteiger partial charge in [0.15, 0.2) is 0 Å². The number of hydrogen-bond acceptors (Lipinski definition) is 6. The topological polar surface area (TPSA) is 74.2 Å². The second-order valence-corrected chi connectivity index (χ2v) is 4.67. The van der Waals surface area contributed by atoms with Gasteiger partial charge in [-0.15, -0.1) is 0 Å². The van der Waals surface area contributed by atoms with Crippen molar-refractivity contribution in [3.05, 3.63) is 35.0 Å². The van der Waals surface area contributed by atoms with Crippen molar-refractivity contribution in [3.8, 4) is 28.6 Å². The summed E-state index contributed by atoms with van der Waals surface area (Å²) in [7, 11) is 1.59. The van der Waals surface area contributed by atoms with Crippen LogP contribution in [0.1, 0.15) is 0 Å². The second kappa shape index (κ2) is 4.74. The number of benzene rings is 1. The summed E-state index contributed by atoms with van der Waals surface area (Å²) >= 11 is 1.58. The lowest BCUT2D eigenvalue weighted by Gasteiger charge is -2.03. The van der Waals surface area contributed by atoms with Gasteiger partial charge in [0, 0.05) is 22.7 Å². The Morgan fingerprint density at radius 3 is 2.89 bits per heavy atom. The number of nitrogens with zero attached hydrogens (tertiary/aromatic N) is 2. The molecule has 0 atom stereocenters. The molecule has 2 aromatic heterocycles. The summed E-state index contributed by atoms with van der Waals surface area (Å²) in [5, 5.41) is 7.88. The molecule has 0 aliphatic carbocycles. The summed E-state index contributed by atoms with van der Waals surface area (Å²) in [5.41, 5.74) is 8.13. The summed E-state index contributed by atoms with van der Waals surface area (Å²) in [6.45, 7) is 0. The molecule has 6 heteroatoms. The Balaban J connectivity index is 1.99. The summed E-state index contributed by atoms with van der Waals surface area (Å²) < 4.78 is 10.4. The Labute approximate surface area is 113 Å². The molecule has 0 spiro atoms. The molecule has 5 nitrogen and oxygen atoms in total. The van der Waals surface area contributed by atoms with Crippen LogP contribution in [0.5, 0.6) is 5.75 Å². The summed E-state index contributed by atoms with van der Waals surface area (Å²) in [5.74, 6) is 1.66. The van der Waals surface area contributed by atoms with Crippen LogP contribution in [0.2, 0.25) is 0 Å². The van der Waals surface area contributed by atoms with Crippen molar-refractivity contribution in [1.82, 2.24) is 10.1 Å². The maximum absolute atomic E-state index is 5.95. The van der Waals surface area contributed by atoms with Gasteiger partial charge in [0.25, 0.3) is 5.89 Å².